The van der Waals surface area contributed by atoms with Crippen molar-refractivity contribution in [2.75, 3.05) is 6.54 Å². The first-order valence-corrected chi connectivity index (χ1v) is 5.37. The van der Waals surface area contributed by atoms with Gasteiger partial charge in [-0.25, -0.2) is 0 Å². The third-order valence-corrected chi connectivity index (χ3v) is 2.35. The smallest absolute Gasteiger partial charge is 0.228 e. The highest BCUT2D eigenvalue weighted by molar-refractivity contribution is 6.48. The third-order valence-electron chi connectivity index (χ3n) is 2.35. The number of carbonyl (C=O) groups is 2. The zero-order valence-corrected chi connectivity index (χ0v) is 9.30. The molecule has 0 aromatic rings. The third kappa shape index (κ3) is 3.35. The van der Waals surface area contributed by atoms with Crippen molar-refractivity contribution in [1.82, 2.24) is 5.32 Å². The fraction of sp³-hybridized carbons (Fsp3) is 0.500. The van der Waals surface area contributed by atoms with E-state index in [0.29, 0.717) is 5.57 Å². The minimum atomic E-state index is -0.423. The van der Waals surface area contributed by atoms with Gasteiger partial charge in [-0.15, -0.1) is 0 Å². The highest BCUT2D eigenvalue weighted by Crippen LogP contribution is 2.09. The lowest BCUT2D eigenvalue weighted by Crippen LogP contribution is -2.23. The summed E-state index contributed by atoms with van der Waals surface area (Å²) < 4.78 is 0. The van der Waals surface area contributed by atoms with Gasteiger partial charge in [0.25, 0.3) is 0 Å². The van der Waals surface area contributed by atoms with Gasteiger partial charge in [0.05, 0.1) is 0 Å². The average Bonchev–Trinajstić information content (AvgIpc) is 2.21. The summed E-state index contributed by atoms with van der Waals surface area (Å²) in [6.45, 7) is 4.66. The van der Waals surface area contributed by atoms with E-state index in [2.05, 4.69) is 12.2 Å². The molecule has 15 heavy (non-hydrogen) atoms. The molecule has 0 amide bonds. The molecule has 3 nitrogen and oxygen atoms in total. The monoisotopic (exact) mass is 207 g/mol. The van der Waals surface area contributed by atoms with Crippen LogP contribution in [0.5, 0.6) is 0 Å². The molecule has 1 aliphatic carbocycles. The highest BCUT2D eigenvalue weighted by atomic mass is 16.2. The SMILES string of the molecule is CCCCCNC1=CC(=O)C(=O)C(C)=C1. The van der Waals surface area contributed by atoms with Crippen LogP contribution in [0.2, 0.25) is 0 Å². The Morgan fingerprint density at radius 2 is 1.93 bits per heavy atom. The fourth-order valence-electron chi connectivity index (χ4n) is 1.45. The maximum Gasteiger partial charge on any atom is 0.228 e. The van der Waals surface area contributed by atoms with E-state index in [0.717, 1.165) is 18.7 Å². The largest absolute Gasteiger partial charge is 0.385 e. The van der Waals surface area contributed by atoms with Crippen LogP contribution in [0.3, 0.4) is 0 Å². The van der Waals surface area contributed by atoms with E-state index in [1.54, 1.807) is 13.0 Å². The molecule has 0 saturated heterocycles. The van der Waals surface area contributed by atoms with Crippen LogP contribution >= 0.6 is 0 Å². The van der Waals surface area contributed by atoms with Gasteiger partial charge in [0.2, 0.25) is 11.6 Å². The number of ketones is 2. The maximum absolute atomic E-state index is 11.2. The van der Waals surface area contributed by atoms with Crippen molar-refractivity contribution in [3.05, 3.63) is 23.4 Å². The van der Waals surface area contributed by atoms with E-state index in [1.165, 1.54) is 18.9 Å². The number of Topliss-reactive ketones (excluding diaryl/α,β-unsaturated/α-hetero) is 1. The standard InChI is InChI=1S/C12H17NO2/c1-3-4-5-6-13-10-7-9(2)12(15)11(14)8-10/h7-8,13H,3-6H2,1-2H3. The van der Waals surface area contributed by atoms with Crippen LogP contribution in [0, 0.1) is 0 Å². The van der Waals surface area contributed by atoms with Gasteiger partial charge in [-0.2, -0.15) is 0 Å². The summed E-state index contributed by atoms with van der Waals surface area (Å²) in [4.78, 5) is 22.4. The summed E-state index contributed by atoms with van der Waals surface area (Å²) in [5.74, 6) is -0.818. The zero-order chi connectivity index (χ0) is 11.3. The van der Waals surface area contributed by atoms with Gasteiger partial charge in [0.1, 0.15) is 0 Å². The quantitative estimate of drug-likeness (QED) is 0.424. The van der Waals surface area contributed by atoms with Gasteiger partial charge in [-0.05, 0) is 19.4 Å². The van der Waals surface area contributed by atoms with Crippen LogP contribution in [0.1, 0.15) is 33.1 Å². The van der Waals surface area contributed by atoms with E-state index in [9.17, 15) is 9.59 Å². The Bertz CT molecular complexity index is 327. The molecule has 0 spiro atoms. The molecule has 1 aliphatic rings. The molecule has 0 saturated carbocycles. The molecule has 3 heteroatoms. The van der Waals surface area contributed by atoms with Crippen LogP contribution in [0.25, 0.3) is 0 Å². The Morgan fingerprint density at radius 3 is 2.53 bits per heavy atom. The molecular weight excluding hydrogens is 190 g/mol. The summed E-state index contributed by atoms with van der Waals surface area (Å²) in [5.41, 5.74) is 1.27. The molecule has 0 aromatic heterocycles. The van der Waals surface area contributed by atoms with E-state index >= 15 is 0 Å². The molecule has 1 N–H and O–H groups in total. The maximum atomic E-state index is 11.2. The molecule has 0 heterocycles. The number of carbonyl (C=O) groups excluding carboxylic acids is 2. The normalized spacial score (nSPS) is 16.1. The molecule has 0 bridgehead atoms. The Labute approximate surface area is 90.2 Å². The highest BCUT2D eigenvalue weighted by Gasteiger charge is 2.18. The summed E-state index contributed by atoms with van der Waals surface area (Å²) in [5, 5.41) is 3.15. The van der Waals surface area contributed by atoms with Crippen molar-refractivity contribution >= 4 is 11.6 Å². The number of nitrogens with one attached hydrogen (secondary N) is 1. The predicted molar refractivity (Wildman–Crippen MR) is 59.4 cm³/mol. The number of unbranched alkanes of at least 4 members (excludes halogenated alkanes) is 2. The molecule has 0 aliphatic heterocycles. The van der Waals surface area contributed by atoms with Gasteiger partial charge in [0.15, 0.2) is 0 Å². The minimum Gasteiger partial charge on any atom is -0.385 e. The van der Waals surface area contributed by atoms with Gasteiger partial charge >= 0.3 is 0 Å². The van der Waals surface area contributed by atoms with Gasteiger partial charge < -0.3 is 5.32 Å². The zero-order valence-electron chi connectivity index (χ0n) is 9.30. The molecule has 1 rings (SSSR count). The van der Waals surface area contributed by atoms with Gasteiger partial charge in [-0.1, -0.05) is 19.8 Å². The van der Waals surface area contributed by atoms with E-state index in [-0.39, 0.29) is 0 Å². The minimum absolute atomic E-state index is 0.394. The van der Waals surface area contributed by atoms with Crippen LogP contribution in [0.4, 0.5) is 0 Å². The Kier molecular flexibility index (Phi) is 4.28. The van der Waals surface area contributed by atoms with Crippen LogP contribution in [-0.2, 0) is 9.59 Å². The second-order valence-electron chi connectivity index (χ2n) is 3.75. The van der Waals surface area contributed by atoms with Crippen LogP contribution in [-0.4, -0.2) is 18.1 Å². The van der Waals surface area contributed by atoms with E-state index < -0.39 is 11.6 Å². The topological polar surface area (TPSA) is 46.2 Å². The number of allylic oxidation sites excluding steroid dienone is 3. The summed E-state index contributed by atoms with van der Waals surface area (Å²) in [6.07, 6.45) is 6.54. The lowest BCUT2D eigenvalue weighted by molar-refractivity contribution is -0.131. The van der Waals surface area contributed by atoms with Crippen molar-refractivity contribution in [3.63, 3.8) is 0 Å². The van der Waals surface area contributed by atoms with Gasteiger partial charge in [-0.3, -0.25) is 9.59 Å². The molecular formula is C12H17NO2. The fourth-order valence-corrected chi connectivity index (χ4v) is 1.45. The van der Waals surface area contributed by atoms with Crippen LogP contribution < -0.4 is 5.32 Å². The lowest BCUT2D eigenvalue weighted by atomic mass is 10.0. The summed E-state index contributed by atoms with van der Waals surface area (Å²) in [7, 11) is 0. The van der Waals surface area contributed by atoms with E-state index in [1.807, 2.05) is 0 Å². The summed E-state index contributed by atoms with van der Waals surface area (Å²) in [6, 6.07) is 0. The first-order chi connectivity index (χ1) is 7.15. The molecule has 0 aromatic carbocycles. The molecule has 0 fully saturated rings. The lowest BCUT2D eigenvalue weighted by Gasteiger charge is -2.11. The van der Waals surface area contributed by atoms with Crippen molar-refractivity contribution in [3.8, 4) is 0 Å². The number of hydrogen-bond acceptors (Lipinski definition) is 3. The molecule has 82 valence electrons. The number of hydrogen-bond donors (Lipinski definition) is 1. The Balaban J connectivity index is 2.46. The molecule has 0 atom stereocenters. The van der Waals surface area contributed by atoms with Crippen molar-refractivity contribution in [2.24, 2.45) is 0 Å². The first kappa shape index (κ1) is 11.7. The first-order valence-electron chi connectivity index (χ1n) is 5.37. The van der Waals surface area contributed by atoms with E-state index in [4.69, 9.17) is 0 Å². The second kappa shape index (κ2) is 5.49. The summed E-state index contributed by atoms with van der Waals surface area (Å²) >= 11 is 0. The molecule has 0 radical (unpaired) electrons. The van der Waals surface area contributed by atoms with Crippen molar-refractivity contribution in [1.29, 1.82) is 0 Å². The van der Waals surface area contributed by atoms with Crippen molar-refractivity contribution in [2.45, 2.75) is 33.1 Å². The second-order valence-corrected chi connectivity index (χ2v) is 3.75. The van der Waals surface area contributed by atoms with Crippen molar-refractivity contribution < 1.29 is 9.59 Å². The molecule has 0 unspecified atom stereocenters. The van der Waals surface area contributed by atoms with Crippen LogP contribution in [0.15, 0.2) is 23.4 Å². The van der Waals surface area contributed by atoms with Gasteiger partial charge in [0, 0.05) is 23.9 Å². The number of rotatable bonds is 5. The predicted octanol–water partition coefficient (Wildman–Crippen LogP) is 1.75. The average molecular weight is 207 g/mol. The Hall–Kier alpha value is -1.38. The Morgan fingerprint density at radius 1 is 1.20 bits per heavy atom.